The highest BCUT2D eigenvalue weighted by molar-refractivity contribution is 6.03. The third-order valence-corrected chi connectivity index (χ3v) is 5.40. The van der Waals surface area contributed by atoms with Gasteiger partial charge in [0.15, 0.2) is 0 Å². The molecule has 1 saturated heterocycles. The number of hydrogen-bond acceptors (Lipinski definition) is 4. The van der Waals surface area contributed by atoms with Crippen molar-refractivity contribution < 1.29 is 24.3 Å². The number of carbonyl (C=O) groups is 4. The van der Waals surface area contributed by atoms with Crippen LogP contribution in [0.5, 0.6) is 0 Å². The second-order valence-electron chi connectivity index (χ2n) is 8.42. The monoisotopic (exact) mass is 382 g/mol. The molecule has 27 heavy (non-hydrogen) atoms. The van der Waals surface area contributed by atoms with Crippen molar-refractivity contribution in [3.8, 4) is 0 Å². The zero-order chi connectivity index (χ0) is 20.9. The highest BCUT2D eigenvalue weighted by Crippen LogP contribution is 2.31. The number of nitrogens with zero attached hydrogens (tertiary/aromatic N) is 1. The summed E-state index contributed by atoms with van der Waals surface area (Å²) in [4.78, 5) is 49.2. The Morgan fingerprint density at radius 1 is 1.11 bits per heavy atom. The number of aliphatic carboxylic acids is 1. The second-order valence-corrected chi connectivity index (χ2v) is 8.42. The van der Waals surface area contributed by atoms with E-state index in [-0.39, 0.29) is 60.4 Å². The van der Waals surface area contributed by atoms with E-state index in [4.69, 9.17) is 5.11 Å². The van der Waals surface area contributed by atoms with Crippen LogP contribution in [-0.4, -0.2) is 45.8 Å². The number of hydrogen-bond donors (Lipinski definition) is 2. The van der Waals surface area contributed by atoms with Crippen molar-refractivity contribution in [2.45, 2.75) is 79.3 Å². The Morgan fingerprint density at radius 2 is 1.70 bits per heavy atom. The molecule has 1 aliphatic heterocycles. The molecule has 0 aromatic rings. The van der Waals surface area contributed by atoms with E-state index in [1.165, 1.54) is 4.90 Å². The predicted octanol–water partition coefficient (Wildman–Crippen LogP) is 2.44. The molecule has 4 unspecified atom stereocenters. The molecule has 7 heteroatoms. The molecule has 7 nitrogen and oxygen atoms in total. The Kier molecular flexibility index (Phi) is 8.44. The highest BCUT2D eigenvalue weighted by atomic mass is 16.4. The first-order chi connectivity index (χ1) is 12.5. The van der Waals surface area contributed by atoms with E-state index in [0.717, 1.165) is 0 Å². The Labute approximate surface area is 161 Å². The third-order valence-electron chi connectivity index (χ3n) is 5.40. The molecular formula is C20H34N2O5. The molecule has 1 aliphatic rings. The molecule has 0 spiro atoms. The maximum absolute atomic E-state index is 12.5. The molecule has 2 N–H and O–H groups in total. The number of carbonyl (C=O) groups excluding carboxylic acids is 3. The van der Waals surface area contributed by atoms with Gasteiger partial charge in [0.1, 0.15) is 0 Å². The van der Waals surface area contributed by atoms with E-state index < -0.39 is 11.9 Å². The number of amides is 3. The van der Waals surface area contributed by atoms with Gasteiger partial charge in [0.2, 0.25) is 17.7 Å². The molecule has 0 saturated carbocycles. The van der Waals surface area contributed by atoms with E-state index in [1.807, 2.05) is 41.5 Å². The zero-order valence-electron chi connectivity index (χ0n) is 17.3. The van der Waals surface area contributed by atoms with Gasteiger partial charge in [0.05, 0.1) is 12.3 Å². The summed E-state index contributed by atoms with van der Waals surface area (Å²) in [5.41, 5.74) is 0. The number of carboxylic acid groups (broad SMARTS) is 1. The molecule has 0 bridgehead atoms. The zero-order valence-corrected chi connectivity index (χ0v) is 17.3. The summed E-state index contributed by atoms with van der Waals surface area (Å²) < 4.78 is 0. The summed E-state index contributed by atoms with van der Waals surface area (Å²) in [6.45, 7) is 11.2. The summed E-state index contributed by atoms with van der Waals surface area (Å²) >= 11 is 0. The fourth-order valence-corrected chi connectivity index (χ4v) is 3.62. The van der Waals surface area contributed by atoms with Crippen LogP contribution < -0.4 is 5.32 Å². The fourth-order valence-electron chi connectivity index (χ4n) is 3.62. The smallest absolute Gasteiger partial charge is 0.304 e. The minimum atomic E-state index is -0.982. The van der Waals surface area contributed by atoms with Gasteiger partial charge in [-0.25, -0.2) is 0 Å². The number of imide groups is 1. The molecule has 0 radical (unpaired) electrons. The van der Waals surface area contributed by atoms with Crippen molar-refractivity contribution in [2.24, 2.45) is 23.7 Å². The minimum Gasteiger partial charge on any atom is -0.481 e. The predicted molar refractivity (Wildman–Crippen MR) is 102 cm³/mol. The normalized spacial score (nSPS) is 20.9. The summed E-state index contributed by atoms with van der Waals surface area (Å²) in [5.74, 6) is -2.30. The first-order valence-electron chi connectivity index (χ1n) is 9.83. The Balaban J connectivity index is 2.55. The van der Waals surface area contributed by atoms with E-state index >= 15 is 0 Å². The van der Waals surface area contributed by atoms with Gasteiger partial charge < -0.3 is 10.4 Å². The van der Waals surface area contributed by atoms with Crippen LogP contribution in [0.4, 0.5) is 0 Å². The molecule has 1 rings (SSSR count). The standard InChI is InChI=1S/C20H34N2O5/c1-11(2)15(10-18(24)25)19(26)21-14(6)8-7-13(5)16-9-17(23)22(12(3)4)20(16)27/h11-16H,7-10H2,1-6H3,(H,21,26)(H,24,25). The fraction of sp³-hybridized carbons (Fsp3) is 0.800. The number of carboxylic acids is 1. The van der Waals surface area contributed by atoms with Crippen molar-refractivity contribution in [3.63, 3.8) is 0 Å². The van der Waals surface area contributed by atoms with Gasteiger partial charge in [-0.3, -0.25) is 24.1 Å². The molecule has 0 aromatic heterocycles. The largest absolute Gasteiger partial charge is 0.481 e. The van der Waals surface area contributed by atoms with Crippen LogP contribution in [0.2, 0.25) is 0 Å². The van der Waals surface area contributed by atoms with Gasteiger partial charge in [0, 0.05) is 24.4 Å². The Morgan fingerprint density at radius 3 is 2.15 bits per heavy atom. The van der Waals surface area contributed by atoms with Crippen LogP contribution >= 0.6 is 0 Å². The van der Waals surface area contributed by atoms with Crippen molar-refractivity contribution in [1.82, 2.24) is 10.2 Å². The van der Waals surface area contributed by atoms with Crippen LogP contribution in [-0.2, 0) is 19.2 Å². The molecule has 3 amide bonds. The molecule has 0 aliphatic carbocycles. The van der Waals surface area contributed by atoms with Gasteiger partial charge in [0.25, 0.3) is 0 Å². The topological polar surface area (TPSA) is 104 Å². The van der Waals surface area contributed by atoms with Crippen LogP contribution in [0, 0.1) is 23.7 Å². The maximum Gasteiger partial charge on any atom is 0.304 e. The number of rotatable bonds is 10. The van der Waals surface area contributed by atoms with Gasteiger partial charge in [-0.15, -0.1) is 0 Å². The van der Waals surface area contributed by atoms with Crippen LogP contribution in [0.3, 0.4) is 0 Å². The second kappa shape index (κ2) is 9.85. The first kappa shape index (κ1) is 23.1. The van der Waals surface area contributed by atoms with Crippen molar-refractivity contribution in [2.75, 3.05) is 0 Å². The van der Waals surface area contributed by atoms with E-state index in [9.17, 15) is 19.2 Å². The molecule has 1 heterocycles. The first-order valence-corrected chi connectivity index (χ1v) is 9.83. The summed E-state index contributed by atoms with van der Waals surface area (Å²) in [6, 6.07) is -0.244. The maximum atomic E-state index is 12.5. The summed E-state index contributed by atoms with van der Waals surface area (Å²) in [5, 5.41) is 11.9. The van der Waals surface area contributed by atoms with Crippen LogP contribution in [0.1, 0.15) is 67.2 Å². The van der Waals surface area contributed by atoms with Gasteiger partial charge >= 0.3 is 5.97 Å². The Hall–Kier alpha value is -1.92. The number of likely N-dealkylation sites (tertiary alicyclic amines) is 1. The van der Waals surface area contributed by atoms with Gasteiger partial charge in [-0.1, -0.05) is 20.8 Å². The molecule has 4 atom stereocenters. The summed E-state index contributed by atoms with van der Waals surface area (Å²) in [7, 11) is 0. The summed E-state index contributed by atoms with van der Waals surface area (Å²) in [6.07, 6.45) is 1.45. The molecule has 0 aromatic carbocycles. The third kappa shape index (κ3) is 6.33. The van der Waals surface area contributed by atoms with Crippen LogP contribution in [0.25, 0.3) is 0 Å². The van der Waals surface area contributed by atoms with E-state index in [2.05, 4.69) is 5.32 Å². The van der Waals surface area contributed by atoms with Gasteiger partial charge in [-0.2, -0.15) is 0 Å². The van der Waals surface area contributed by atoms with Crippen molar-refractivity contribution in [3.05, 3.63) is 0 Å². The van der Waals surface area contributed by atoms with Crippen molar-refractivity contribution >= 4 is 23.7 Å². The lowest BCUT2D eigenvalue weighted by molar-refractivity contribution is -0.142. The van der Waals surface area contributed by atoms with E-state index in [1.54, 1.807) is 0 Å². The lowest BCUT2D eigenvalue weighted by Crippen LogP contribution is -2.40. The minimum absolute atomic E-state index is 0.0458. The number of nitrogens with one attached hydrogen (secondary N) is 1. The average Bonchev–Trinajstić information content (AvgIpc) is 2.84. The lowest BCUT2D eigenvalue weighted by Gasteiger charge is -2.24. The highest BCUT2D eigenvalue weighted by Gasteiger charge is 2.42. The van der Waals surface area contributed by atoms with Crippen LogP contribution in [0.15, 0.2) is 0 Å². The quantitative estimate of drug-likeness (QED) is 0.565. The van der Waals surface area contributed by atoms with Crippen molar-refractivity contribution in [1.29, 1.82) is 0 Å². The molecule has 1 fully saturated rings. The van der Waals surface area contributed by atoms with Gasteiger partial charge in [-0.05, 0) is 45.4 Å². The molecular weight excluding hydrogens is 348 g/mol. The SMILES string of the molecule is CC(CCC(C)C1CC(=O)N(C(C)C)C1=O)NC(=O)C(CC(=O)O)C(C)C. The molecule has 154 valence electrons. The Bertz CT molecular complexity index is 573. The lowest BCUT2D eigenvalue weighted by atomic mass is 9.87. The van der Waals surface area contributed by atoms with E-state index in [0.29, 0.717) is 12.8 Å². The average molecular weight is 383 g/mol.